The average molecular weight is 193 g/mol. The molecule has 33 valence electrons. The fourth-order valence-electron chi connectivity index (χ4n) is 0. The van der Waals surface area contributed by atoms with E-state index in [9.17, 15) is 0 Å². The molecular formula is MnNiO2Ti. The summed E-state index contributed by atoms with van der Waals surface area (Å²) in [5.74, 6) is 0. The van der Waals surface area contributed by atoms with Crippen LogP contribution >= 0.6 is 0 Å². The van der Waals surface area contributed by atoms with Crippen molar-refractivity contribution in [3.05, 3.63) is 0 Å². The Balaban J connectivity index is 0. The van der Waals surface area contributed by atoms with Gasteiger partial charge in [0, 0.05) is 33.6 Å². The molecule has 0 saturated carbocycles. The third-order valence-electron chi connectivity index (χ3n) is 0. The zero-order chi connectivity index (χ0) is 0. The van der Waals surface area contributed by atoms with Crippen molar-refractivity contribution < 1.29 is 66.2 Å². The van der Waals surface area contributed by atoms with Crippen LogP contribution in [-0.2, 0) is 66.2 Å². The molecule has 5 heavy (non-hydrogen) atoms. The predicted molar refractivity (Wildman–Crippen MR) is 1.37 cm³/mol. The van der Waals surface area contributed by atoms with Crippen LogP contribution in [0, 0.1) is 0 Å². The molecule has 0 aromatic rings. The molecule has 0 heterocycles. The minimum absolute atomic E-state index is 0. The van der Waals surface area contributed by atoms with Crippen molar-refractivity contribution in [2.45, 2.75) is 0 Å². The van der Waals surface area contributed by atoms with E-state index in [0.29, 0.717) is 0 Å². The summed E-state index contributed by atoms with van der Waals surface area (Å²) in [4.78, 5) is 0. The summed E-state index contributed by atoms with van der Waals surface area (Å²) >= 11 is 0. The summed E-state index contributed by atoms with van der Waals surface area (Å²) in [6, 6.07) is 0. The molecule has 0 aliphatic heterocycles. The van der Waals surface area contributed by atoms with Crippen LogP contribution in [0.25, 0.3) is 0 Å². The van der Waals surface area contributed by atoms with Crippen LogP contribution in [0.2, 0.25) is 0 Å². The van der Waals surface area contributed by atoms with E-state index in [2.05, 4.69) is 0 Å². The smallest absolute Gasteiger partial charge is 2.00 e. The standard InChI is InChI=1S/Mn.Ni.2O.Ti/q;;2*-2;+4. The third-order valence-corrected chi connectivity index (χ3v) is 0. The molecule has 0 unspecified atom stereocenters. The maximum Gasteiger partial charge on any atom is 4.00 e. The summed E-state index contributed by atoms with van der Waals surface area (Å²) in [6.45, 7) is 0. The number of rotatable bonds is 0. The molecule has 0 aliphatic rings. The van der Waals surface area contributed by atoms with Crippen molar-refractivity contribution >= 4 is 0 Å². The zero-order valence-corrected chi connectivity index (χ0v) is 5.74. The summed E-state index contributed by atoms with van der Waals surface area (Å²) in [7, 11) is 0. The van der Waals surface area contributed by atoms with Crippen molar-refractivity contribution in [1.29, 1.82) is 0 Å². The van der Waals surface area contributed by atoms with Gasteiger partial charge >= 0.3 is 21.7 Å². The summed E-state index contributed by atoms with van der Waals surface area (Å²) < 4.78 is 0. The third kappa shape index (κ3) is 27.7. The van der Waals surface area contributed by atoms with Gasteiger partial charge in [-0.15, -0.1) is 0 Å². The number of hydrogen-bond acceptors (Lipinski definition) is 0. The quantitative estimate of drug-likeness (QED) is 0.477. The minimum Gasteiger partial charge on any atom is -2.00 e. The van der Waals surface area contributed by atoms with Crippen LogP contribution in [0.15, 0.2) is 0 Å². The Morgan fingerprint density at radius 2 is 0.800 bits per heavy atom. The second-order valence-corrected chi connectivity index (χ2v) is 0. The van der Waals surface area contributed by atoms with Gasteiger partial charge in [0.15, 0.2) is 0 Å². The topological polar surface area (TPSA) is 57.0 Å². The van der Waals surface area contributed by atoms with E-state index in [1.54, 1.807) is 0 Å². The van der Waals surface area contributed by atoms with E-state index in [0.717, 1.165) is 0 Å². The Kier molecular flexibility index (Phi) is 702. The van der Waals surface area contributed by atoms with Crippen LogP contribution in [0.4, 0.5) is 0 Å². The fourth-order valence-corrected chi connectivity index (χ4v) is 0. The van der Waals surface area contributed by atoms with Crippen molar-refractivity contribution in [3.8, 4) is 0 Å². The molecule has 0 fully saturated rings. The Hall–Kier alpha value is 1.65. The Bertz CT molecular complexity index is 9.61. The molecule has 0 aromatic heterocycles. The first-order chi connectivity index (χ1) is 0. The van der Waals surface area contributed by atoms with E-state index in [1.807, 2.05) is 0 Å². The summed E-state index contributed by atoms with van der Waals surface area (Å²) in [5, 5.41) is 0. The van der Waals surface area contributed by atoms with E-state index < -0.39 is 0 Å². The van der Waals surface area contributed by atoms with Gasteiger partial charge in [0.05, 0.1) is 0 Å². The maximum atomic E-state index is 0. The predicted octanol–water partition coefficient (Wildman–Crippen LogP) is -0.245. The van der Waals surface area contributed by atoms with Gasteiger partial charge in [0.25, 0.3) is 0 Å². The van der Waals surface area contributed by atoms with E-state index in [1.165, 1.54) is 0 Å². The molecule has 0 rings (SSSR count). The van der Waals surface area contributed by atoms with E-state index in [4.69, 9.17) is 0 Å². The molecule has 0 amide bonds. The zero-order valence-electron chi connectivity index (χ0n) is 2.01. The van der Waals surface area contributed by atoms with E-state index >= 15 is 0 Å². The SMILES string of the molecule is [Mn].[Ni].[O-2].[O-2].[Ti+4]. The Morgan fingerprint density at radius 1 is 0.800 bits per heavy atom. The monoisotopic (exact) mass is 193 g/mol. The van der Waals surface area contributed by atoms with Crippen molar-refractivity contribution in [1.82, 2.24) is 0 Å². The van der Waals surface area contributed by atoms with Crippen molar-refractivity contribution in [3.63, 3.8) is 0 Å². The molecule has 0 aliphatic carbocycles. The van der Waals surface area contributed by atoms with Gasteiger partial charge in [-0.3, -0.25) is 0 Å². The van der Waals surface area contributed by atoms with Crippen LogP contribution in [0.1, 0.15) is 0 Å². The first-order valence-electron chi connectivity index (χ1n) is 0. The first kappa shape index (κ1) is 78.1. The van der Waals surface area contributed by atoms with Gasteiger partial charge in [-0.25, -0.2) is 0 Å². The van der Waals surface area contributed by atoms with Gasteiger partial charge in [0.2, 0.25) is 0 Å². The van der Waals surface area contributed by atoms with Gasteiger partial charge in [0.1, 0.15) is 0 Å². The van der Waals surface area contributed by atoms with Crippen LogP contribution in [0.3, 0.4) is 0 Å². The van der Waals surface area contributed by atoms with Gasteiger partial charge in [-0.2, -0.15) is 0 Å². The molecular weight excluding hydrogens is 193 g/mol. The molecule has 2 nitrogen and oxygen atoms in total. The fraction of sp³-hybridized carbons (Fsp3) is 0. The Morgan fingerprint density at radius 3 is 0.800 bits per heavy atom. The minimum atomic E-state index is 0. The van der Waals surface area contributed by atoms with Crippen molar-refractivity contribution in [2.24, 2.45) is 0 Å². The van der Waals surface area contributed by atoms with Gasteiger partial charge < -0.3 is 11.0 Å². The summed E-state index contributed by atoms with van der Waals surface area (Å²) in [6.07, 6.45) is 0. The second kappa shape index (κ2) is 44.9. The molecule has 1 radical (unpaired) electrons. The molecule has 0 atom stereocenters. The molecule has 0 saturated heterocycles. The van der Waals surface area contributed by atoms with Crippen molar-refractivity contribution in [2.75, 3.05) is 0 Å². The molecule has 0 spiro atoms. The van der Waals surface area contributed by atoms with E-state index in [-0.39, 0.29) is 66.2 Å². The summed E-state index contributed by atoms with van der Waals surface area (Å²) in [5.41, 5.74) is 0. The normalized spacial score (nSPS) is 0. The van der Waals surface area contributed by atoms with Crippen LogP contribution < -0.4 is 0 Å². The van der Waals surface area contributed by atoms with Gasteiger partial charge in [-0.05, 0) is 0 Å². The van der Waals surface area contributed by atoms with Crippen LogP contribution in [0.5, 0.6) is 0 Å². The van der Waals surface area contributed by atoms with Gasteiger partial charge in [-0.1, -0.05) is 0 Å². The number of hydrogen-bond donors (Lipinski definition) is 0. The Labute approximate surface area is 66.0 Å². The maximum absolute atomic E-state index is 0. The second-order valence-electron chi connectivity index (χ2n) is 0. The first-order valence-corrected chi connectivity index (χ1v) is 0. The largest absolute Gasteiger partial charge is 4.00 e. The average Bonchev–Trinajstić information content (AvgIpc) is 0. The molecule has 0 bridgehead atoms. The molecule has 0 N–H and O–H groups in total. The molecule has 5 heteroatoms. The van der Waals surface area contributed by atoms with Crippen LogP contribution in [-0.4, -0.2) is 0 Å². The molecule has 0 aromatic carbocycles.